The van der Waals surface area contributed by atoms with E-state index in [4.69, 9.17) is 23.2 Å². The van der Waals surface area contributed by atoms with Gasteiger partial charge in [-0.15, -0.1) is 0 Å². The average molecular weight is 697 g/mol. The second-order valence-electron chi connectivity index (χ2n) is 12.3. The molecule has 16 heteroatoms. The van der Waals surface area contributed by atoms with E-state index in [-0.39, 0.29) is 75.8 Å². The van der Waals surface area contributed by atoms with E-state index in [0.29, 0.717) is 5.56 Å². The monoisotopic (exact) mass is 695 g/mol. The van der Waals surface area contributed by atoms with Crippen LogP contribution in [0.5, 0.6) is 0 Å². The Morgan fingerprint density at radius 2 is 1.78 bits per heavy atom. The molecule has 1 saturated heterocycles. The summed E-state index contributed by atoms with van der Waals surface area (Å²) >= 11 is 13.2. The van der Waals surface area contributed by atoms with Gasteiger partial charge in [0.05, 0.1) is 50.4 Å². The van der Waals surface area contributed by atoms with E-state index < -0.39 is 49.2 Å². The predicted octanol–water partition coefficient (Wildman–Crippen LogP) is 8.11. The molecule has 0 radical (unpaired) electrons. The van der Waals surface area contributed by atoms with E-state index in [0.717, 1.165) is 4.90 Å². The highest BCUT2D eigenvalue weighted by Crippen LogP contribution is 2.43. The molecule has 46 heavy (non-hydrogen) atoms. The van der Waals surface area contributed by atoms with E-state index in [1.165, 1.54) is 40.8 Å². The normalized spacial score (nSPS) is 16.2. The van der Waals surface area contributed by atoms with Crippen LogP contribution in [0.1, 0.15) is 56.0 Å². The first-order valence-corrected chi connectivity index (χ1v) is 15.1. The number of piperidine rings is 1. The van der Waals surface area contributed by atoms with Crippen molar-refractivity contribution in [1.82, 2.24) is 14.9 Å². The SMILES string of the molecule is Cn1c(N(CCC(F)(F)F)c2c(Cl)ccc(CNC(=O)C(C)(C)C)c2Cl)nc2cc(C(=O)O)c(N3CCCC(C(F)(F)F)C3)cc21. The summed E-state index contributed by atoms with van der Waals surface area (Å²) in [6, 6.07) is 5.54. The van der Waals surface area contributed by atoms with Crippen molar-refractivity contribution in [1.29, 1.82) is 0 Å². The van der Waals surface area contributed by atoms with Gasteiger partial charge in [0.15, 0.2) is 0 Å². The van der Waals surface area contributed by atoms with Crippen molar-refractivity contribution in [2.24, 2.45) is 18.4 Å². The van der Waals surface area contributed by atoms with Crippen LogP contribution in [-0.2, 0) is 18.4 Å². The van der Waals surface area contributed by atoms with Crippen LogP contribution in [0.25, 0.3) is 11.0 Å². The molecule has 3 aromatic rings. The molecule has 2 heterocycles. The van der Waals surface area contributed by atoms with Gasteiger partial charge >= 0.3 is 18.3 Å². The predicted molar refractivity (Wildman–Crippen MR) is 164 cm³/mol. The highest BCUT2D eigenvalue weighted by atomic mass is 35.5. The molecule has 4 rings (SSSR count). The molecule has 8 nitrogen and oxygen atoms in total. The zero-order valence-corrected chi connectivity index (χ0v) is 26.9. The first-order valence-electron chi connectivity index (χ1n) is 14.3. The number of imidazole rings is 1. The number of aromatic carboxylic acids is 1. The van der Waals surface area contributed by atoms with Gasteiger partial charge in [0.1, 0.15) is 0 Å². The Bertz CT molecular complexity index is 1630. The number of aryl methyl sites for hydroxylation is 1. The van der Waals surface area contributed by atoms with Crippen LogP contribution in [0.2, 0.25) is 10.0 Å². The van der Waals surface area contributed by atoms with Crippen molar-refractivity contribution in [2.75, 3.05) is 29.4 Å². The number of halogens is 8. The van der Waals surface area contributed by atoms with Gasteiger partial charge in [-0.1, -0.05) is 50.0 Å². The number of anilines is 3. The molecule has 1 fully saturated rings. The third-order valence-corrected chi connectivity index (χ3v) is 8.55. The molecule has 1 atom stereocenters. The quantitative estimate of drug-likeness (QED) is 0.232. The molecule has 1 aliphatic rings. The fraction of sp³-hybridized carbons (Fsp3) is 0.500. The summed E-state index contributed by atoms with van der Waals surface area (Å²) in [4.78, 5) is 31.7. The van der Waals surface area contributed by atoms with Gasteiger partial charge in [-0.2, -0.15) is 26.3 Å². The molecule has 0 saturated carbocycles. The topological polar surface area (TPSA) is 90.7 Å². The molecule has 0 aliphatic carbocycles. The van der Waals surface area contributed by atoms with Crippen LogP contribution in [0.3, 0.4) is 0 Å². The van der Waals surface area contributed by atoms with Crippen molar-refractivity contribution < 1.29 is 41.0 Å². The number of hydrogen-bond donors (Lipinski definition) is 2. The van der Waals surface area contributed by atoms with Crippen molar-refractivity contribution in [3.8, 4) is 0 Å². The lowest BCUT2D eigenvalue weighted by Crippen LogP contribution is -2.42. The van der Waals surface area contributed by atoms with Gasteiger partial charge in [0.25, 0.3) is 0 Å². The van der Waals surface area contributed by atoms with E-state index >= 15 is 0 Å². The fourth-order valence-electron chi connectivity index (χ4n) is 5.31. The first-order chi connectivity index (χ1) is 21.2. The van der Waals surface area contributed by atoms with Gasteiger partial charge < -0.3 is 24.8 Å². The smallest absolute Gasteiger partial charge is 0.393 e. The van der Waals surface area contributed by atoms with Crippen molar-refractivity contribution in [2.45, 2.75) is 58.9 Å². The Morgan fingerprint density at radius 3 is 2.37 bits per heavy atom. The number of nitrogens with one attached hydrogen (secondary N) is 1. The average Bonchev–Trinajstić information content (AvgIpc) is 3.26. The molecule has 2 N–H and O–H groups in total. The molecular weight excluding hydrogens is 663 g/mol. The Balaban J connectivity index is 1.84. The summed E-state index contributed by atoms with van der Waals surface area (Å²) in [5.41, 5.74) is -0.274. The number of carbonyl (C=O) groups is 2. The maximum absolute atomic E-state index is 13.6. The van der Waals surface area contributed by atoms with E-state index in [1.807, 2.05) is 0 Å². The standard InChI is InChI=1S/C30H33Cl2F6N5O3/c1-28(2,3)26(46)39-14-16-7-8-19(31)24(23(16)32)43(11-9-29(33,34)35)27-40-20-12-18(25(44)45)21(13-22(20)41(27)4)42-10-5-6-17(15-42)30(36,37)38/h7-8,12-13,17H,5-6,9-11,14-15H2,1-4H3,(H,39,46)(H,44,45). The fourth-order valence-corrected chi connectivity index (χ4v) is 5.95. The zero-order chi connectivity index (χ0) is 34.4. The van der Waals surface area contributed by atoms with Crippen molar-refractivity contribution in [3.05, 3.63) is 45.4 Å². The Labute approximate surface area is 271 Å². The summed E-state index contributed by atoms with van der Waals surface area (Å²) in [6.45, 7) is 4.14. The van der Waals surface area contributed by atoms with E-state index in [1.54, 1.807) is 20.8 Å². The molecule has 1 aliphatic heterocycles. The summed E-state index contributed by atoms with van der Waals surface area (Å²) in [6.07, 6.45) is -10.3. The molecule has 252 valence electrons. The van der Waals surface area contributed by atoms with Crippen molar-refractivity contribution >= 4 is 63.4 Å². The molecule has 2 aromatic carbocycles. The number of aromatic nitrogens is 2. The van der Waals surface area contributed by atoms with Crippen molar-refractivity contribution in [3.63, 3.8) is 0 Å². The van der Waals surface area contributed by atoms with Gasteiger partial charge in [0.2, 0.25) is 11.9 Å². The Hall–Kier alpha value is -3.39. The second kappa shape index (κ2) is 13.0. The number of carbonyl (C=O) groups excluding carboxylic acids is 1. The highest BCUT2D eigenvalue weighted by Gasteiger charge is 2.42. The Morgan fingerprint density at radius 1 is 1.11 bits per heavy atom. The van der Waals surface area contributed by atoms with Crippen LogP contribution in [0.4, 0.5) is 43.7 Å². The number of fused-ring (bicyclic) bond motifs is 1. The Kier molecular flexibility index (Phi) is 10.0. The summed E-state index contributed by atoms with van der Waals surface area (Å²) in [5, 5.41) is 12.7. The van der Waals surface area contributed by atoms with E-state index in [9.17, 15) is 41.0 Å². The lowest BCUT2D eigenvalue weighted by Gasteiger charge is -2.36. The number of amides is 1. The number of rotatable bonds is 8. The number of carboxylic acids is 1. The van der Waals surface area contributed by atoms with Crippen LogP contribution in [0.15, 0.2) is 24.3 Å². The third-order valence-electron chi connectivity index (χ3n) is 7.83. The zero-order valence-electron chi connectivity index (χ0n) is 25.4. The molecule has 1 aromatic heterocycles. The van der Waals surface area contributed by atoms with E-state index in [2.05, 4.69) is 10.3 Å². The summed E-state index contributed by atoms with van der Waals surface area (Å²) in [7, 11) is 1.49. The first kappa shape index (κ1) is 35.5. The number of nitrogens with zero attached hydrogens (tertiary/aromatic N) is 4. The lowest BCUT2D eigenvalue weighted by atomic mass is 9.95. The minimum atomic E-state index is -4.59. The van der Waals surface area contributed by atoms with Crippen LogP contribution < -0.4 is 15.1 Å². The minimum Gasteiger partial charge on any atom is -0.478 e. The third kappa shape index (κ3) is 7.76. The maximum Gasteiger partial charge on any atom is 0.393 e. The number of hydrogen-bond acceptors (Lipinski definition) is 5. The largest absolute Gasteiger partial charge is 0.478 e. The molecule has 1 amide bonds. The van der Waals surface area contributed by atoms with Gasteiger partial charge in [-0.3, -0.25) is 4.79 Å². The minimum absolute atomic E-state index is 0.0106. The molecule has 1 unspecified atom stereocenters. The molecular formula is C30H33Cl2F6N5O3. The molecule has 0 bridgehead atoms. The second-order valence-corrected chi connectivity index (χ2v) is 13.1. The van der Waals surface area contributed by atoms with Gasteiger partial charge in [0, 0.05) is 38.6 Å². The summed E-state index contributed by atoms with van der Waals surface area (Å²) < 4.78 is 82.8. The highest BCUT2D eigenvalue weighted by molar-refractivity contribution is 6.39. The maximum atomic E-state index is 13.6. The molecule has 0 spiro atoms. The van der Waals surface area contributed by atoms with Crippen LogP contribution in [-0.4, -0.2) is 58.5 Å². The van der Waals surface area contributed by atoms with Crippen LogP contribution in [0, 0.1) is 11.3 Å². The summed E-state index contributed by atoms with van der Waals surface area (Å²) in [5.74, 6) is -3.41. The number of carboxylic acid groups (broad SMARTS) is 1. The van der Waals surface area contributed by atoms with Crippen LogP contribution >= 0.6 is 23.2 Å². The lowest BCUT2D eigenvalue weighted by molar-refractivity contribution is -0.176. The number of alkyl halides is 6. The van der Waals surface area contributed by atoms with Gasteiger partial charge in [-0.05, 0) is 36.6 Å². The van der Waals surface area contributed by atoms with Gasteiger partial charge in [-0.25, -0.2) is 9.78 Å². The number of benzene rings is 2.